The van der Waals surface area contributed by atoms with Crippen LogP contribution in [0.1, 0.15) is 44.7 Å². The predicted molar refractivity (Wildman–Crippen MR) is 137 cm³/mol. The molecule has 2 aromatic carbocycles. The predicted octanol–water partition coefficient (Wildman–Crippen LogP) is 5.25. The molecule has 3 atom stereocenters. The molecule has 5 rings (SSSR count). The molecule has 6 nitrogen and oxygen atoms in total. The highest BCUT2D eigenvalue weighted by Crippen LogP contribution is 2.66. The zero-order chi connectivity index (χ0) is 24.5. The van der Waals surface area contributed by atoms with Gasteiger partial charge in [0.25, 0.3) is 0 Å². The van der Waals surface area contributed by atoms with E-state index in [4.69, 9.17) is 4.74 Å². The van der Waals surface area contributed by atoms with E-state index in [9.17, 15) is 9.59 Å². The summed E-state index contributed by atoms with van der Waals surface area (Å²) in [6, 6.07) is 13.8. The van der Waals surface area contributed by atoms with E-state index in [1.54, 1.807) is 4.90 Å². The van der Waals surface area contributed by atoms with Gasteiger partial charge >= 0.3 is 6.09 Å². The number of ether oxygens (including phenoxy) is 1. The normalized spacial score (nSPS) is 27.2. The molecule has 7 heteroatoms. The summed E-state index contributed by atoms with van der Waals surface area (Å²) in [5.41, 5.74) is 1.28. The van der Waals surface area contributed by atoms with Crippen LogP contribution in [0.25, 0.3) is 0 Å². The standard InChI is InChI=1S/C27H30BrN3O3/c1-6-14-26-17-10-7-8-12-19(17)31(24(33)34-25(2,3)4)23-27(26,15-16-29-22(26)32)21-18(28)11-9-13-20(21)30(23)5/h6-13,23H,1,14-16H2,2-5H3,(H,29,32)/t23-,26-,27-/m0/s1. The molecule has 1 fully saturated rings. The number of anilines is 2. The Bertz CT molecular complexity index is 1210. The summed E-state index contributed by atoms with van der Waals surface area (Å²) in [5.74, 6) is -0.0306. The first kappa shape index (κ1) is 23.0. The molecule has 3 aliphatic rings. The van der Waals surface area contributed by atoms with Gasteiger partial charge in [-0.15, -0.1) is 6.58 Å². The maximum atomic E-state index is 14.0. The molecule has 0 saturated carbocycles. The van der Waals surface area contributed by atoms with Crippen LogP contribution >= 0.6 is 15.9 Å². The van der Waals surface area contributed by atoms with Crippen molar-refractivity contribution in [3.63, 3.8) is 0 Å². The van der Waals surface area contributed by atoms with Gasteiger partial charge in [-0.3, -0.25) is 9.69 Å². The Balaban J connectivity index is 1.91. The molecule has 1 saturated heterocycles. The smallest absolute Gasteiger partial charge is 0.416 e. The molecule has 1 N–H and O–H groups in total. The lowest BCUT2D eigenvalue weighted by Gasteiger charge is -2.60. The summed E-state index contributed by atoms with van der Waals surface area (Å²) in [6.45, 7) is 10.2. The number of allylic oxidation sites excluding steroid dienone is 1. The zero-order valence-corrected chi connectivity index (χ0v) is 21.6. The van der Waals surface area contributed by atoms with Gasteiger partial charge in [0.05, 0.1) is 16.5 Å². The number of fused-ring (bicyclic) bond motifs is 3. The molecule has 178 valence electrons. The van der Waals surface area contributed by atoms with Crippen LogP contribution in [-0.4, -0.2) is 37.4 Å². The maximum Gasteiger partial charge on any atom is 0.416 e. The van der Waals surface area contributed by atoms with Gasteiger partial charge in [-0.1, -0.05) is 46.3 Å². The number of amides is 2. The Hall–Kier alpha value is -2.80. The van der Waals surface area contributed by atoms with Gasteiger partial charge in [0.1, 0.15) is 11.8 Å². The van der Waals surface area contributed by atoms with E-state index in [0.717, 1.165) is 21.3 Å². The van der Waals surface area contributed by atoms with Crippen molar-refractivity contribution in [3.8, 4) is 0 Å². The summed E-state index contributed by atoms with van der Waals surface area (Å²) in [5, 5.41) is 3.15. The lowest BCUT2D eigenvalue weighted by atomic mass is 9.49. The van der Waals surface area contributed by atoms with Gasteiger partial charge in [0.2, 0.25) is 5.91 Å². The third kappa shape index (κ3) is 2.79. The number of rotatable bonds is 2. The van der Waals surface area contributed by atoms with Crippen molar-refractivity contribution >= 4 is 39.3 Å². The Morgan fingerprint density at radius 2 is 1.94 bits per heavy atom. The third-order valence-corrected chi connectivity index (χ3v) is 8.15. The van der Waals surface area contributed by atoms with Crippen molar-refractivity contribution in [1.29, 1.82) is 0 Å². The Morgan fingerprint density at radius 1 is 1.24 bits per heavy atom. The largest absolute Gasteiger partial charge is 0.443 e. The Morgan fingerprint density at radius 3 is 2.65 bits per heavy atom. The maximum absolute atomic E-state index is 14.0. The van der Waals surface area contributed by atoms with E-state index < -0.39 is 28.7 Å². The molecule has 2 amide bonds. The average Bonchev–Trinajstić information content (AvgIpc) is 3.02. The van der Waals surface area contributed by atoms with Gasteiger partial charge in [-0.25, -0.2) is 4.79 Å². The average molecular weight is 524 g/mol. The lowest BCUT2D eigenvalue weighted by molar-refractivity contribution is -0.133. The van der Waals surface area contributed by atoms with Crippen molar-refractivity contribution in [2.45, 2.75) is 56.2 Å². The van der Waals surface area contributed by atoms with Crippen molar-refractivity contribution in [1.82, 2.24) is 5.32 Å². The van der Waals surface area contributed by atoms with E-state index in [1.165, 1.54) is 0 Å². The van der Waals surface area contributed by atoms with Crippen LogP contribution < -0.4 is 15.1 Å². The van der Waals surface area contributed by atoms with Crippen LogP contribution in [-0.2, 0) is 20.4 Å². The SMILES string of the molecule is C=CC[C@]12C(=O)NCC[C@@]13c1c(Br)cccc1N(C)[C@H]3N(C(=O)OC(C)(C)C)c1ccccc12. The fraction of sp³-hybridized carbons (Fsp3) is 0.407. The van der Waals surface area contributed by atoms with Crippen molar-refractivity contribution in [2.24, 2.45) is 0 Å². The van der Waals surface area contributed by atoms with Crippen LogP contribution in [0.15, 0.2) is 59.6 Å². The highest BCUT2D eigenvalue weighted by atomic mass is 79.9. The molecule has 34 heavy (non-hydrogen) atoms. The molecule has 3 heterocycles. The number of carbonyl (C=O) groups is 2. The van der Waals surface area contributed by atoms with Gasteiger partial charge in [-0.2, -0.15) is 0 Å². The molecule has 3 aliphatic heterocycles. The number of hydrogen-bond donors (Lipinski definition) is 1. The van der Waals surface area contributed by atoms with E-state index in [2.05, 4.69) is 38.8 Å². The summed E-state index contributed by atoms with van der Waals surface area (Å²) < 4.78 is 6.88. The lowest BCUT2D eigenvalue weighted by Crippen LogP contribution is -2.74. The molecular weight excluding hydrogens is 494 g/mol. The minimum Gasteiger partial charge on any atom is -0.443 e. The number of hydrogen-bond acceptors (Lipinski definition) is 4. The second-order valence-electron chi connectivity index (χ2n) is 10.4. The first-order valence-electron chi connectivity index (χ1n) is 11.6. The number of nitrogens with zero attached hydrogens (tertiary/aromatic N) is 2. The molecule has 0 radical (unpaired) electrons. The number of para-hydroxylation sites is 1. The first-order chi connectivity index (χ1) is 16.1. The molecule has 0 bridgehead atoms. The fourth-order valence-electron chi connectivity index (χ4n) is 6.51. The third-order valence-electron chi connectivity index (χ3n) is 7.49. The number of likely N-dealkylation sites (N-methyl/N-ethyl adjacent to an activating group) is 1. The molecular formula is C27H30BrN3O3. The van der Waals surface area contributed by atoms with Crippen LogP contribution in [0.4, 0.5) is 16.2 Å². The number of nitrogens with one attached hydrogen (secondary N) is 1. The molecule has 2 aromatic rings. The molecule has 0 unspecified atom stereocenters. The summed E-state index contributed by atoms with van der Waals surface area (Å²) in [4.78, 5) is 31.8. The second-order valence-corrected chi connectivity index (χ2v) is 11.2. The first-order valence-corrected chi connectivity index (χ1v) is 12.4. The fourth-order valence-corrected chi connectivity index (χ4v) is 7.22. The minimum absolute atomic E-state index is 0.0306. The van der Waals surface area contributed by atoms with Gasteiger partial charge in [-0.05, 0) is 57.4 Å². The van der Waals surface area contributed by atoms with E-state index in [-0.39, 0.29) is 5.91 Å². The number of benzene rings is 2. The summed E-state index contributed by atoms with van der Waals surface area (Å²) >= 11 is 3.82. The van der Waals surface area contributed by atoms with Gasteiger partial charge in [0.15, 0.2) is 0 Å². The van der Waals surface area contributed by atoms with Crippen LogP contribution in [0.5, 0.6) is 0 Å². The second kappa shape index (κ2) is 7.60. The van der Waals surface area contributed by atoms with Crippen molar-refractivity contribution < 1.29 is 14.3 Å². The Kier molecular flexibility index (Phi) is 5.13. The van der Waals surface area contributed by atoms with Gasteiger partial charge < -0.3 is 15.0 Å². The highest BCUT2D eigenvalue weighted by Gasteiger charge is 2.72. The molecule has 0 aliphatic carbocycles. The Labute approximate surface area is 209 Å². The van der Waals surface area contributed by atoms with E-state index >= 15 is 0 Å². The number of piperidine rings is 1. The quantitative estimate of drug-likeness (QED) is 0.546. The number of halogens is 1. The van der Waals surface area contributed by atoms with Gasteiger partial charge in [0, 0.05) is 29.3 Å². The van der Waals surface area contributed by atoms with Crippen molar-refractivity contribution in [2.75, 3.05) is 23.4 Å². The molecule has 0 aromatic heterocycles. The summed E-state index contributed by atoms with van der Waals surface area (Å²) in [7, 11) is 2.00. The van der Waals surface area contributed by atoms with Crippen LogP contribution in [0.3, 0.4) is 0 Å². The monoisotopic (exact) mass is 523 g/mol. The molecule has 1 spiro atoms. The summed E-state index contributed by atoms with van der Waals surface area (Å²) in [6.07, 6.45) is 2.09. The van der Waals surface area contributed by atoms with E-state index in [1.807, 2.05) is 70.3 Å². The minimum atomic E-state index is -0.934. The van der Waals surface area contributed by atoms with Crippen molar-refractivity contribution in [3.05, 3.63) is 70.7 Å². The van der Waals surface area contributed by atoms with Crippen LogP contribution in [0, 0.1) is 0 Å². The number of carbonyl (C=O) groups excluding carboxylic acids is 2. The highest BCUT2D eigenvalue weighted by molar-refractivity contribution is 9.10. The van der Waals surface area contributed by atoms with Crippen LogP contribution in [0.2, 0.25) is 0 Å². The topological polar surface area (TPSA) is 61.9 Å². The zero-order valence-electron chi connectivity index (χ0n) is 20.0. The van der Waals surface area contributed by atoms with E-state index in [0.29, 0.717) is 25.1 Å².